The second-order valence-corrected chi connectivity index (χ2v) is 4.59. The summed E-state index contributed by atoms with van der Waals surface area (Å²) in [6.07, 6.45) is 7.61. The van der Waals surface area contributed by atoms with Crippen LogP contribution in [0.25, 0.3) is 0 Å². The number of hydrogen-bond acceptors (Lipinski definition) is 2. The molecule has 15 heavy (non-hydrogen) atoms. The molecule has 0 aromatic heterocycles. The van der Waals surface area contributed by atoms with Gasteiger partial charge in [-0.25, -0.2) is 0 Å². The molecule has 0 aromatic carbocycles. The minimum absolute atomic E-state index is 0.325. The van der Waals surface area contributed by atoms with Crippen molar-refractivity contribution < 1.29 is 9.84 Å². The van der Waals surface area contributed by atoms with Crippen LogP contribution in [0.3, 0.4) is 0 Å². The van der Waals surface area contributed by atoms with Crippen molar-refractivity contribution in [1.29, 1.82) is 0 Å². The third-order valence-corrected chi connectivity index (χ3v) is 3.45. The van der Waals surface area contributed by atoms with Gasteiger partial charge >= 0.3 is 0 Å². The van der Waals surface area contributed by atoms with Crippen molar-refractivity contribution in [3.05, 3.63) is 0 Å². The molecule has 0 rings (SSSR count). The Morgan fingerprint density at radius 3 is 2.20 bits per heavy atom. The van der Waals surface area contributed by atoms with Gasteiger partial charge in [0.15, 0.2) is 0 Å². The average molecular weight is 216 g/mol. The zero-order valence-electron chi connectivity index (χ0n) is 10.9. The van der Waals surface area contributed by atoms with E-state index in [1.807, 2.05) is 6.92 Å². The quantitative estimate of drug-likeness (QED) is 0.597. The number of rotatable bonds is 9. The van der Waals surface area contributed by atoms with E-state index >= 15 is 0 Å². The molecule has 0 heterocycles. The number of unbranched alkanes of at least 4 members (excludes halogenated alkanes) is 4. The Balaban J connectivity index is 3.67. The molecule has 0 aliphatic heterocycles. The first-order valence-electron chi connectivity index (χ1n) is 6.34. The summed E-state index contributed by atoms with van der Waals surface area (Å²) in [6.45, 7) is 6.27. The highest BCUT2D eigenvalue weighted by Crippen LogP contribution is 2.23. The van der Waals surface area contributed by atoms with Crippen molar-refractivity contribution in [2.24, 2.45) is 0 Å². The third kappa shape index (κ3) is 5.53. The summed E-state index contributed by atoms with van der Waals surface area (Å²) < 4.78 is 5.38. The van der Waals surface area contributed by atoms with Crippen LogP contribution in [0.15, 0.2) is 0 Å². The summed E-state index contributed by atoms with van der Waals surface area (Å²) in [5.74, 6) is 0. The number of aliphatic hydroxyl groups excluding tert-OH is 1. The highest BCUT2D eigenvalue weighted by molar-refractivity contribution is 4.81. The summed E-state index contributed by atoms with van der Waals surface area (Å²) in [7, 11) is 1.68. The van der Waals surface area contributed by atoms with Gasteiger partial charge in [-0.3, -0.25) is 0 Å². The number of methoxy groups -OCH3 is 1. The molecule has 2 nitrogen and oxygen atoms in total. The van der Waals surface area contributed by atoms with Gasteiger partial charge in [-0.2, -0.15) is 0 Å². The average Bonchev–Trinajstić information content (AvgIpc) is 2.27. The number of ether oxygens (including phenoxy) is 1. The zero-order chi connectivity index (χ0) is 11.7. The fourth-order valence-corrected chi connectivity index (χ4v) is 1.76. The lowest BCUT2D eigenvalue weighted by molar-refractivity contribution is -0.0954. The molecule has 0 radical (unpaired) electrons. The van der Waals surface area contributed by atoms with Crippen molar-refractivity contribution in [1.82, 2.24) is 0 Å². The zero-order valence-corrected chi connectivity index (χ0v) is 10.9. The third-order valence-electron chi connectivity index (χ3n) is 3.45. The Morgan fingerprint density at radius 2 is 1.73 bits per heavy atom. The standard InChI is InChI=1S/C13H28O2/c1-5-7-8-9-10-11-12(14)13(3,6-2)15-4/h12,14H,5-11H2,1-4H3. The van der Waals surface area contributed by atoms with Crippen molar-refractivity contribution in [3.8, 4) is 0 Å². The summed E-state index contributed by atoms with van der Waals surface area (Å²) in [5, 5.41) is 10.00. The molecule has 0 bridgehead atoms. The van der Waals surface area contributed by atoms with E-state index < -0.39 is 0 Å². The lowest BCUT2D eigenvalue weighted by Crippen LogP contribution is -2.40. The van der Waals surface area contributed by atoms with Crippen LogP contribution in [0.2, 0.25) is 0 Å². The molecule has 92 valence electrons. The SMILES string of the molecule is CCCCCCCC(O)C(C)(CC)OC. The fraction of sp³-hybridized carbons (Fsp3) is 1.00. The van der Waals surface area contributed by atoms with Gasteiger partial charge in [0.2, 0.25) is 0 Å². The lowest BCUT2D eigenvalue weighted by atomic mass is 9.91. The molecule has 2 heteroatoms. The van der Waals surface area contributed by atoms with Crippen molar-refractivity contribution in [3.63, 3.8) is 0 Å². The van der Waals surface area contributed by atoms with Gasteiger partial charge < -0.3 is 9.84 Å². The van der Waals surface area contributed by atoms with Gasteiger partial charge in [-0.1, -0.05) is 46.0 Å². The first-order chi connectivity index (χ1) is 7.10. The van der Waals surface area contributed by atoms with E-state index in [-0.39, 0.29) is 11.7 Å². The molecule has 0 amide bonds. The largest absolute Gasteiger partial charge is 0.390 e. The smallest absolute Gasteiger partial charge is 0.0905 e. The predicted octanol–water partition coefficient (Wildman–Crippen LogP) is 3.52. The first kappa shape index (κ1) is 14.9. The molecule has 0 aliphatic rings. The molecule has 2 unspecified atom stereocenters. The Hall–Kier alpha value is -0.0800. The second-order valence-electron chi connectivity index (χ2n) is 4.59. The molecule has 0 aromatic rings. The minimum atomic E-state index is -0.356. The normalized spacial score (nSPS) is 17.4. The molecule has 0 fully saturated rings. The van der Waals surface area contributed by atoms with E-state index in [1.165, 1.54) is 25.7 Å². The maximum absolute atomic E-state index is 10.00. The molecular formula is C13H28O2. The van der Waals surface area contributed by atoms with Gasteiger partial charge in [-0.05, 0) is 19.8 Å². The molecule has 0 spiro atoms. The van der Waals surface area contributed by atoms with Crippen LogP contribution in [0.1, 0.15) is 65.7 Å². The maximum atomic E-state index is 10.00. The number of hydrogen-bond donors (Lipinski definition) is 1. The first-order valence-corrected chi connectivity index (χ1v) is 6.34. The van der Waals surface area contributed by atoms with E-state index in [4.69, 9.17) is 4.74 Å². The van der Waals surface area contributed by atoms with Crippen LogP contribution in [0, 0.1) is 0 Å². The van der Waals surface area contributed by atoms with Gasteiger partial charge in [-0.15, -0.1) is 0 Å². The van der Waals surface area contributed by atoms with E-state index in [0.29, 0.717) is 0 Å². The summed E-state index contributed by atoms with van der Waals surface area (Å²) in [5.41, 5.74) is -0.356. The predicted molar refractivity (Wildman–Crippen MR) is 65.1 cm³/mol. The van der Waals surface area contributed by atoms with Crippen LogP contribution in [-0.4, -0.2) is 23.9 Å². The van der Waals surface area contributed by atoms with Crippen molar-refractivity contribution in [2.75, 3.05) is 7.11 Å². The highest BCUT2D eigenvalue weighted by Gasteiger charge is 2.30. The fourth-order valence-electron chi connectivity index (χ4n) is 1.76. The molecule has 0 saturated carbocycles. The van der Waals surface area contributed by atoms with Crippen molar-refractivity contribution in [2.45, 2.75) is 77.4 Å². The van der Waals surface area contributed by atoms with Crippen LogP contribution < -0.4 is 0 Å². The van der Waals surface area contributed by atoms with Crippen LogP contribution in [-0.2, 0) is 4.74 Å². The van der Waals surface area contributed by atoms with Gasteiger partial charge in [0.25, 0.3) is 0 Å². The maximum Gasteiger partial charge on any atom is 0.0905 e. The van der Waals surface area contributed by atoms with Gasteiger partial charge in [0.1, 0.15) is 0 Å². The van der Waals surface area contributed by atoms with Crippen LogP contribution >= 0.6 is 0 Å². The molecule has 0 aliphatic carbocycles. The topological polar surface area (TPSA) is 29.5 Å². The van der Waals surface area contributed by atoms with E-state index in [0.717, 1.165) is 19.3 Å². The Labute approximate surface area is 95.0 Å². The van der Waals surface area contributed by atoms with E-state index in [9.17, 15) is 5.11 Å². The molecular weight excluding hydrogens is 188 g/mol. The Kier molecular flexibility index (Phi) is 8.07. The molecule has 1 N–H and O–H groups in total. The van der Waals surface area contributed by atoms with Crippen LogP contribution in [0.5, 0.6) is 0 Å². The Morgan fingerprint density at radius 1 is 1.13 bits per heavy atom. The number of aliphatic hydroxyl groups is 1. The highest BCUT2D eigenvalue weighted by atomic mass is 16.5. The van der Waals surface area contributed by atoms with E-state index in [2.05, 4.69) is 13.8 Å². The summed E-state index contributed by atoms with van der Waals surface area (Å²) >= 11 is 0. The van der Waals surface area contributed by atoms with E-state index in [1.54, 1.807) is 7.11 Å². The van der Waals surface area contributed by atoms with Gasteiger partial charge in [0, 0.05) is 7.11 Å². The van der Waals surface area contributed by atoms with Gasteiger partial charge in [0.05, 0.1) is 11.7 Å². The van der Waals surface area contributed by atoms with Crippen molar-refractivity contribution >= 4 is 0 Å². The second kappa shape index (κ2) is 8.12. The molecule has 0 saturated heterocycles. The van der Waals surface area contributed by atoms with Crippen LogP contribution in [0.4, 0.5) is 0 Å². The Bertz CT molecular complexity index is 141. The summed E-state index contributed by atoms with van der Waals surface area (Å²) in [4.78, 5) is 0. The molecule has 2 atom stereocenters. The monoisotopic (exact) mass is 216 g/mol. The summed E-state index contributed by atoms with van der Waals surface area (Å²) in [6, 6.07) is 0. The minimum Gasteiger partial charge on any atom is -0.390 e. The lowest BCUT2D eigenvalue weighted by Gasteiger charge is -2.32.